The Bertz CT molecular complexity index is 1120. The molecular formula is C21H28N10O. The number of hydrogen-bond acceptors (Lipinski definition) is 9. The van der Waals surface area contributed by atoms with Gasteiger partial charge in [0.2, 0.25) is 11.9 Å². The van der Waals surface area contributed by atoms with E-state index in [1.807, 2.05) is 24.3 Å². The van der Waals surface area contributed by atoms with E-state index >= 15 is 0 Å². The number of nitrogen functional groups attached to an aromatic ring is 2. The van der Waals surface area contributed by atoms with Crippen LogP contribution in [0, 0.1) is 0 Å². The molecule has 2 saturated heterocycles. The minimum atomic E-state index is -0.157. The van der Waals surface area contributed by atoms with Gasteiger partial charge in [-0.3, -0.25) is 14.4 Å². The molecule has 0 aliphatic carbocycles. The SMILES string of the molecule is CN1CC2CC(NC(=O)c3nn(Cc4nc(N)nc(N)n4)c4ccccc34)CC(C1)N2C. The van der Waals surface area contributed by atoms with Gasteiger partial charge in [0.05, 0.1) is 5.52 Å². The number of rotatable bonds is 4. The largest absolute Gasteiger partial charge is 0.368 e. The minimum Gasteiger partial charge on any atom is -0.368 e. The van der Waals surface area contributed by atoms with Crippen LogP contribution in [0.2, 0.25) is 0 Å². The molecule has 5 rings (SSSR count). The molecule has 2 atom stereocenters. The summed E-state index contributed by atoms with van der Waals surface area (Å²) in [4.78, 5) is 30.2. The number of aromatic nitrogens is 5. The van der Waals surface area contributed by atoms with E-state index in [1.54, 1.807) is 4.68 Å². The summed E-state index contributed by atoms with van der Waals surface area (Å²) in [6.45, 7) is 2.28. The normalized spacial score (nSPS) is 24.0. The molecule has 32 heavy (non-hydrogen) atoms. The second-order valence-electron chi connectivity index (χ2n) is 8.83. The number of nitrogens with two attached hydrogens (primary N) is 2. The summed E-state index contributed by atoms with van der Waals surface area (Å²) in [7, 11) is 4.36. The molecule has 11 heteroatoms. The van der Waals surface area contributed by atoms with Gasteiger partial charge >= 0.3 is 0 Å². The Morgan fingerprint density at radius 3 is 2.41 bits per heavy atom. The quantitative estimate of drug-likeness (QED) is 0.512. The number of likely N-dealkylation sites (N-methyl/N-ethyl adjacent to an activating group) is 2. The highest BCUT2D eigenvalue weighted by Crippen LogP contribution is 2.27. The van der Waals surface area contributed by atoms with Crippen molar-refractivity contribution in [3.8, 4) is 0 Å². The summed E-state index contributed by atoms with van der Waals surface area (Å²) in [5, 5.41) is 8.64. The van der Waals surface area contributed by atoms with Gasteiger partial charge in [-0.2, -0.15) is 20.1 Å². The van der Waals surface area contributed by atoms with Gasteiger partial charge < -0.3 is 21.7 Å². The number of carbonyl (C=O) groups is 1. The van der Waals surface area contributed by atoms with Gasteiger partial charge in [-0.15, -0.1) is 0 Å². The molecule has 2 fully saturated rings. The van der Waals surface area contributed by atoms with Gasteiger partial charge in [0.15, 0.2) is 11.5 Å². The predicted octanol–water partition coefficient (Wildman–Crippen LogP) is -0.0594. The van der Waals surface area contributed by atoms with Crippen molar-refractivity contribution in [2.45, 2.75) is 37.5 Å². The Morgan fingerprint density at radius 2 is 1.72 bits per heavy atom. The third-order valence-electron chi connectivity index (χ3n) is 6.53. The number of benzene rings is 1. The molecule has 168 valence electrons. The molecule has 5 N–H and O–H groups in total. The van der Waals surface area contributed by atoms with Crippen molar-refractivity contribution in [1.82, 2.24) is 39.8 Å². The molecule has 4 heterocycles. The van der Waals surface area contributed by atoms with Crippen LogP contribution in [-0.2, 0) is 6.54 Å². The summed E-state index contributed by atoms with van der Waals surface area (Å²) in [5.41, 5.74) is 12.6. The third kappa shape index (κ3) is 3.84. The number of likely N-dealkylation sites (tertiary alicyclic amines) is 1. The van der Waals surface area contributed by atoms with Crippen LogP contribution >= 0.6 is 0 Å². The highest BCUT2D eigenvalue weighted by Gasteiger charge is 2.38. The molecule has 2 aromatic heterocycles. The lowest BCUT2D eigenvalue weighted by Gasteiger charge is -2.50. The molecule has 11 nitrogen and oxygen atoms in total. The first-order valence-electron chi connectivity index (χ1n) is 10.8. The fourth-order valence-electron chi connectivity index (χ4n) is 5.03. The highest BCUT2D eigenvalue weighted by molar-refractivity contribution is 6.05. The van der Waals surface area contributed by atoms with E-state index < -0.39 is 0 Å². The molecule has 1 amide bonds. The number of carbonyl (C=O) groups excluding carboxylic acids is 1. The van der Waals surface area contributed by atoms with Crippen LogP contribution in [0.15, 0.2) is 24.3 Å². The molecule has 2 bridgehead atoms. The van der Waals surface area contributed by atoms with Gasteiger partial charge in [-0.25, -0.2) is 0 Å². The fourth-order valence-corrected chi connectivity index (χ4v) is 5.03. The van der Waals surface area contributed by atoms with Gasteiger partial charge in [0.1, 0.15) is 6.54 Å². The highest BCUT2D eigenvalue weighted by atomic mass is 16.2. The molecular weight excluding hydrogens is 408 g/mol. The zero-order valence-corrected chi connectivity index (χ0v) is 18.3. The molecule has 0 saturated carbocycles. The maximum atomic E-state index is 13.3. The molecule has 2 unspecified atom stereocenters. The Morgan fingerprint density at radius 1 is 1.06 bits per heavy atom. The summed E-state index contributed by atoms with van der Waals surface area (Å²) in [5.74, 6) is 0.346. The molecule has 3 aromatic rings. The number of hydrogen-bond donors (Lipinski definition) is 3. The third-order valence-corrected chi connectivity index (χ3v) is 6.53. The maximum Gasteiger partial charge on any atom is 0.272 e. The van der Waals surface area contributed by atoms with E-state index in [4.69, 9.17) is 11.5 Å². The monoisotopic (exact) mass is 436 g/mol. The molecule has 2 aliphatic rings. The van der Waals surface area contributed by atoms with Gasteiger partial charge in [-0.1, -0.05) is 18.2 Å². The minimum absolute atomic E-state index is 0.0559. The van der Waals surface area contributed by atoms with Crippen LogP contribution in [0.25, 0.3) is 10.9 Å². The Hall–Kier alpha value is -3.31. The first-order valence-corrected chi connectivity index (χ1v) is 10.8. The van der Waals surface area contributed by atoms with Gasteiger partial charge in [0.25, 0.3) is 5.91 Å². The van der Waals surface area contributed by atoms with Gasteiger partial charge in [0, 0.05) is 36.6 Å². The van der Waals surface area contributed by atoms with Crippen molar-refractivity contribution in [3.63, 3.8) is 0 Å². The smallest absolute Gasteiger partial charge is 0.272 e. The zero-order chi connectivity index (χ0) is 22.4. The molecule has 0 radical (unpaired) electrons. The average Bonchev–Trinajstić information content (AvgIpc) is 3.08. The second kappa shape index (κ2) is 7.99. The van der Waals surface area contributed by atoms with E-state index in [2.05, 4.69) is 49.3 Å². The molecule has 0 spiro atoms. The zero-order valence-electron chi connectivity index (χ0n) is 18.3. The van der Waals surface area contributed by atoms with Crippen molar-refractivity contribution in [2.24, 2.45) is 0 Å². The number of nitrogens with zero attached hydrogens (tertiary/aromatic N) is 7. The molecule has 1 aromatic carbocycles. The van der Waals surface area contributed by atoms with E-state index in [1.165, 1.54) is 0 Å². The van der Waals surface area contributed by atoms with Crippen molar-refractivity contribution in [3.05, 3.63) is 35.8 Å². The number of amides is 1. The lowest BCUT2D eigenvalue weighted by molar-refractivity contribution is 0.00837. The van der Waals surface area contributed by atoms with Crippen LogP contribution < -0.4 is 16.8 Å². The first-order chi connectivity index (χ1) is 15.4. The van der Waals surface area contributed by atoms with Crippen LogP contribution in [0.4, 0.5) is 11.9 Å². The predicted molar refractivity (Wildman–Crippen MR) is 121 cm³/mol. The van der Waals surface area contributed by atoms with E-state index in [0.29, 0.717) is 23.6 Å². The van der Waals surface area contributed by atoms with Crippen LogP contribution in [-0.4, -0.2) is 85.7 Å². The van der Waals surface area contributed by atoms with Gasteiger partial charge in [-0.05, 0) is 33.0 Å². The lowest BCUT2D eigenvalue weighted by Crippen LogP contribution is -2.63. The second-order valence-corrected chi connectivity index (χ2v) is 8.83. The number of para-hydroxylation sites is 1. The standard InChI is InChI=1S/C21H28N10O/c1-29-9-13-7-12(8-14(10-29)30(13)2)24-19(32)18-15-5-3-4-6-16(15)31(28-18)11-17-25-20(22)27-21(23)26-17/h3-6,12-14H,7-11H2,1-2H3,(H,24,32)(H4,22,23,25,26,27). The number of piperazine rings is 1. The topological polar surface area (TPSA) is 144 Å². The summed E-state index contributed by atoms with van der Waals surface area (Å²) in [6, 6.07) is 8.67. The van der Waals surface area contributed by atoms with Crippen LogP contribution in [0.1, 0.15) is 29.2 Å². The lowest BCUT2D eigenvalue weighted by atomic mass is 9.88. The van der Waals surface area contributed by atoms with E-state index in [0.717, 1.165) is 36.8 Å². The van der Waals surface area contributed by atoms with Crippen molar-refractivity contribution in [1.29, 1.82) is 0 Å². The Balaban J connectivity index is 1.39. The first kappa shape index (κ1) is 20.6. The van der Waals surface area contributed by atoms with Crippen molar-refractivity contribution in [2.75, 3.05) is 38.7 Å². The maximum absolute atomic E-state index is 13.3. The number of piperidine rings is 1. The van der Waals surface area contributed by atoms with Crippen LogP contribution in [0.5, 0.6) is 0 Å². The number of nitrogens with one attached hydrogen (secondary N) is 1. The summed E-state index contributed by atoms with van der Waals surface area (Å²) >= 11 is 0. The Kier molecular flexibility index (Phi) is 5.14. The van der Waals surface area contributed by atoms with Crippen LogP contribution in [0.3, 0.4) is 0 Å². The van der Waals surface area contributed by atoms with E-state index in [9.17, 15) is 4.79 Å². The summed E-state index contributed by atoms with van der Waals surface area (Å²) < 4.78 is 1.71. The van der Waals surface area contributed by atoms with Crippen molar-refractivity contribution >= 4 is 28.7 Å². The fraction of sp³-hybridized carbons (Fsp3) is 0.476. The van der Waals surface area contributed by atoms with E-state index in [-0.39, 0.29) is 30.4 Å². The average molecular weight is 437 g/mol. The summed E-state index contributed by atoms with van der Waals surface area (Å²) in [6.07, 6.45) is 1.87. The van der Waals surface area contributed by atoms with Crippen molar-refractivity contribution < 1.29 is 4.79 Å². The number of fused-ring (bicyclic) bond motifs is 3. The molecule has 2 aliphatic heterocycles. The Labute approximate surface area is 185 Å². The number of anilines is 2.